The van der Waals surface area contributed by atoms with Crippen molar-refractivity contribution in [1.29, 1.82) is 0 Å². The summed E-state index contributed by atoms with van der Waals surface area (Å²) >= 11 is 0. The predicted molar refractivity (Wildman–Crippen MR) is 57.7 cm³/mol. The normalized spacial score (nSPS) is 24.9. The standard InChI is InChI=1S/C7H16N2O4S2/c1-7(6-8)15(12,13)9-2-4-14(10,11)5-3-9/h7H,2-6,8H2,1H3. The second kappa shape index (κ2) is 4.36. The molecular weight excluding hydrogens is 240 g/mol. The minimum atomic E-state index is -3.42. The highest BCUT2D eigenvalue weighted by Crippen LogP contribution is 2.12. The van der Waals surface area contributed by atoms with E-state index < -0.39 is 25.1 Å². The van der Waals surface area contributed by atoms with Crippen LogP contribution in [0.1, 0.15) is 6.92 Å². The van der Waals surface area contributed by atoms with Gasteiger partial charge in [0.25, 0.3) is 0 Å². The van der Waals surface area contributed by atoms with Crippen molar-refractivity contribution in [2.45, 2.75) is 12.2 Å². The van der Waals surface area contributed by atoms with E-state index >= 15 is 0 Å². The van der Waals surface area contributed by atoms with Crippen molar-refractivity contribution in [3.63, 3.8) is 0 Å². The number of nitrogens with two attached hydrogens (primary N) is 1. The first-order valence-corrected chi connectivity index (χ1v) is 8.01. The molecule has 0 amide bonds. The van der Waals surface area contributed by atoms with E-state index in [2.05, 4.69) is 0 Å². The summed E-state index contributed by atoms with van der Waals surface area (Å²) < 4.78 is 47.0. The number of hydrogen-bond donors (Lipinski definition) is 1. The third kappa shape index (κ3) is 2.90. The van der Waals surface area contributed by atoms with Gasteiger partial charge in [0.2, 0.25) is 10.0 Å². The molecule has 1 fully saturated rings. The molecule has 0 spiro atoms. The van der Waals surface area contributed by atoms with E-state index in [1.165, 1.54) is 11.2 Å². The van der Waals surface area contributed by atoms with Crippen molar-refractivity contribution in [2.24, 2.45) is 5.73 Å². The van der Waals surface area contributed by atoms with E-state index in [0.29, 0.717) is 0 Å². The molecule has 15 heavy (non-hydrogen) atoms. The maximum atomic E-state index is 11.8. The lowest BCUT2D eigenvalue weighted by atomic mass is 10.5. The Hall–Kier alpha value is -0.180. The quantitative estimate of drug-likeness (QED) is 0.655. The van der Waals surface area contributed by atoms with Gasteiger partial charge in [0.15, 0.2) is 9.84 Å². The van der Waals surface area contributed by atoms with Gasteiger partial charge < -0.3 is 5.73 Å². The molecular formula is C7H16N2O4S2. The molecule has 0 aromatic carbocycles. The second-order valence-corrected chi connectivity index (χ2v) is 8.30. The molecule has 0 aromatic heterocycles. The molecule has 1 heterocycles. The lowest BCUT2D eigenvalue weighted by Gasteiger charge is -2.28. The van der Waals surface area contributed by atoms with E-state index in [1.807, 2.05) is 0 Å². The second-order valence-electron chi connectivity index (χ2n) is 3.64. The molecule has 0 saturated carbocycles. The molecule has 1 aliphatic rings. The fourth-order valence-corrected chi connectivity index (χ4v) is 4.20. The van der Waals surface area contributed by atoms with Gasteiger partial charge in [-0.25, -0.2) is 16.8 Å². The van der Waals surface area contributed by atoms with E-state index in [0.717, 1.165) is 0 Å². The summed E-state index contributed by atoms with van der Waals surface area (Å²) in [5.74, 6) is -0.187. The van der Waals surface area contributed by atoms with Crippen LogP contribution in [-0.4, -0.2) is 57.5 Å². The average Bonchev–Trinajstić information content (AvgIpc) is 2.15. The summed E-state index contributed by atoms with van der Waals surface area (Å²) in [7, 11) is -6.46. The summed E-state index contributed by atoms with van der Waals surface area (Å²) in [4.78, 5) is 0. The number of sulfone groups is 1. The Labute approximate surface area is 90.4 Å². The smallest absolute Gasteiger partial charge is 0.218 e. The van der Waals surface area contributed by atoms with Gasteiger partial charge in [-0.1, -0.05) is 0 Å². The van der Waals surface area contributed by atoms with E-state index in [1.54, 1.807) is 0 Å². The zero-order valence-corrected chi connectivity index (χ0v) is 10.2. The molecule has 6 nitrogen and oxygen atoms in total. The molecule has 1 unspecified atom stereocenters. The van der Waals surface area contributed by atoms with Crippen LogP contribution in [-0.2, 0) is 19.9 Å². The van der Waals surface area contributed by atoms with Crippen LogP contribution < -0.4 is 5.73 Å². The third-order valence-corrected chi connectivity index (χ3v) is 6.41. The molecule has 2 N–H and O–H groups in total. The fourth-order valence-electron chi connectivity index (χ4n) is 1.33. The Balaban J connectivity index is 2.77. The highest BCUT2D eigenvalue weighted by atomic mass is 32.2. The summed E-state index contributed by atoms with van der Waals surface area (Å²) in [6.07, 6.45) is 0. The van der Waals surface area contributed by atoms with Crippen LogP contribution in [0.4, 0.5) is 0 Å². The van der Waals surface area contributed by atoms with Gasteiger partial charge in [0, 0.05) is 19.6 Å². The van der Waals surface area contributed by atoms with Gasteiger partial charge in [-0.15, -0.1) is 0 Å². The number of hydrogen-bond acceptors (Lipinski definition) is 5. The Morgan fingerprint density at radius 1 is 1.33 bits per heavy atom. The van der Waals surface area contributed by atoms with Gasteiger partial charge in [-0.3, -0.25) is 0 Å². The van der Waals surface area contributed by atoms with Crippen LogP contribution in [0.5, 0.6) is 0 Å². The SMILES string of the molecule is CC(CN)S(=O)(=O)N1CCS(=O)(=O)CC1. The molecule has 1 atom stereocenters. The van der Waals surface area contributed by atoms with Crippen molar-refractivity contribution in [1.82, 2.24) is 4.31 Å². The van der Waals surface area contributed by atoms with Crippen LogP contribution in [0.2, 0.25) is 0 Å². The Kier molecular flexibility index (Phi) is 3.75. The minimum absolute atomic E-state index is 0.0472. The number of rotatable bonds is 3. The number of nitrogens with zero attached hydrogens (tertiary/aromatic N) is 1. The molecule has 1 saturated heterocycles. The van der Waals surface area contributed by atoms with Gasteiger partial charge in [-0.2, -0.15) is 4.31 Å². The van der Waals surface area contributed by atoms with E-state index in [-0.39, 0.29) is 31.1 Å². The zero-order chi connectivity index (χ0) is 11.7. The third-order valence-electron chi connectivity index (χ3n) is 2.50. The van der Waals surface area contributed by atoms with Gasteiger partial charge in [0.1, 0.15) is 0 Å². The maximum Gasteiger partial charge on any atom is 0.218 e. The molecule has 0 bridgehead atoms. The number of sulfonamides is 1. The first-order chi connectivity index (χ1) is 6.79. The van der Waals surface area contributed by atoms with E-state index in [9.17, 15) is 16.8 Å². The lowest BCUT2D eigenvalue weighted by molar-refractivity contribution is 0.424. The monoisotopic (exact) mass is 256 g/mol. The highest BCUT2D eigenvalue weighted by molar-refractivity contribution is 7.92. The van der Waals surface area contributed by atoms with Crippen molar-refractivity contribution < 1.29 is 16.8 Å². The van der Waals surface area contributed by atoms with Crippen LogP contribution in [0, 0.1) is 0 Å². The first kappa shape index (κ1) is 12.9. The van der Waals surface area contributed by atoms with Crippen molar-refractivity contribution in [3.8, 4) is 0 Å². The average molecular weight is 256 g/mol. The van der Waals surface area contributed by atoms with Crippen molar-refractivity contribution in [2.75, 3.05) is 31.1 Å². The Morgan fingerprint density at radius 3 is 2.20 bits per heavy atom. The highest BCUT2D eigenvalue weighted by Gasteiger charge is 2.32. The lowest BCUT2D eigenvalue weighted by Crippen LogP contribution is -2.48. The maximum absolute atomic E-state index is 11.8. The van der Waals surface area contributed by atoms with Gasteiger partial charge in [-0.05, 0) is 6.92 Å². The predicted octanol–water partition coefficient (Wildman–Crippen LogP) is -1.61. The van der Waals surface area contributed by atoms with E-state index in [4.69, 9.17) is 5.73 Å². The van der Waals surface area contributed by atoms with Crippen molar-refractivity contribution in [3.05, 3.63) is 0 Å². The van der Waals surface area contributed by atoms with Crippen LogP contribution >= 0.6 is 0 Å². The Bertz CT molecular complexity index is 400. The largest absolute Gasteiger partial charge is 0.329 e. The molecule has 1 rings (SSSR count). The molecule has 0 radical (unpaired) electrons. The summed E-state index contributed by atoms with van der Waals surface area (Å²) in [5, 5.41) is -0.654. The van der Waals surface area contributed by atoms with Crippen molar-refractivity contribution >= 4 is 19.9 Å². The van der Waals surface area contributed by atoms with Crippen LogP contribution in [0.3, 0.4) is 0 Å². The first-order valence-electron chi connectivity index (χ1n) is 4.69. The minimum Gasteiger partial charge on any atom is -0.329 e. The van der Waals surface area contributed by atoms with Gasteiger partial charge >= 0.3 is 0 Å². The fraction of sp³-hybridized carbons (Fsp3) is 1.00. The summed E-state index contributed by atoms with van der Waals surface area (Å²) in [6, 6.07) is 0. The molecule has 1 aliphatic heterocycles. The Morgan fingerprint density at radius 2 is 1.80 bits per heavy atom. The zero-order valence-electron chi connectivity index (χ0n) is 8.59. The summed E-state index contributed by atoms with van der Waals surface area (Å²) in [5.41, 5.74) is 5.29. The summed E-state index contributed by atoms with van der Waals surface area (Å²) in [6.45, 7) is 1.67. The van der Waals surface area contributed by atoms with Gasteiger partial charge in [0.05, 0.1) is 16.8 Å². The molecule has 8 heteroatoms. The van der Waals surface area contributed by atoms with Crippen LogP contribution in [0.25, 0.3) is 0 Å². The van der Waals surface area contributed by atoms with Crippen LogP contribution in [0.15, 0.2) is 0 Å². The molecule has 90 valence electrons. The molecule has 0 aromatic rings. The topological polar surface area (TPSA) is 97.5 Å². The molecule has 0 aliphatic carbocycles.